The summed E-state index contributed by atoms with van der Waals surface area (Å²) in [7, 11) is 0. The normalized spacial score (nSPS) is 11.8. The van der Waals surface area contributed by atoms with Crippen LogP contribution in [0.15, 0.2) is 156 Å². The number of benzene rings is 7. The zero-order valence-electron chi connectivity index (χ0n) is 40.3. The van der Waals surface area contributed by atoms with Crippen molar-refractivity contribution in [3.63, 3.8) is 0 Å². The fourth-order valence-corrected chi connectivity index (χ4v) is 13.4. The number of aromatic nitrogens is 4. The van der Waals surface area contributed by atoms with Gasteiger partial charge in [0, 0.05) is 36.4 Å². The molecule has 5 nitrogen and oxygen atoms in total. The van der Waals surface area contributed by atoms with Crippen LogP contribution in [0.3, 0.4) is 0 Å². The van der Waals surface area contributed by atoms with E-state index in [4.69, 9.17) is 19.4 Å². The van der Waals surface area contributed by atoms with Gasteiger partial charge >= 0.3 is 126 Å². The van der Waals surface area contributed by atoms with E-state index in [9.17, 15) is 0 Å². The molecule has 4 heterocycles. The Balaban J connectivity index is 0.000000232. The molecule has 11 rings (SSSR count). The Hall–Kier alpha value is -6.18. The Bertz CT molecular complexity index is 3620. The van der Waals surface area contributed by atoms with Crippen LogP contribution >= 0.6 is 0 Å². The van der Waals surface area contributed by atoms with Crippen LogP contribution in [-0.4, -0.2) is 32.8 Å². The summed E-state index contributed by atoms with van der Waals surface area (Å²) in [5, 5.41) is 6.91. The van der Waals surface area contributed by atoms with E-state index in [0.717, 1.165) is 73.4 Å². The molecule has 0 unspecified atom stereocenters. The SMILES string of the molecule is CC(C)Cc1cc(-c2[c-]cccc2)nc[c]1[Ge]([CH3])([CH3])[CH3].Cc1cccc(C)c1-c1ccc2c(n1)oc1c(-c3nc4ccccc4n3-c3c(C(C)C)c4ccccc4c4ccccc34)[c-]ccc12.[Ir]. The van der Waals surface area contributed by atoms with Gasteiger partial charge in [-0.2, -0.15) is 0 Å². The van der Waals surface area contributed by atoms with Crippen LogP contribution in [0.1, 0.15) is 55.9 Å². The topological polar surface area (TPSA) is 56.7 Å². The molecule has 0 spiro atoms. The van der Waals surface area contributed by atoms with Gasteiger partial charge in [-0.15, -0.1) is 18.2 Å². The molecule has 0 saturated carbocycles. The molecule has 4 aromatic heterocycles. The van der Waals surface area contributed by atoms with Gasteiger partial charge in [0.1, 0.15) is 0 Å². The van der Waals surface area contributed by atoms with Gasteiger partial charge in [-0.05, 0) is 76.9 Å². The number of hydrogen-bond donors (Lipinski definition) is 0. The first-order valence-electron chi connectivity index (χ1n) is 23.6. The molecule has 0 amide bonds. The summed E-state index contributed by atoms with van der Waals surface area (Å²) < 4.78 is 10.6. The average Bonchev–Trinajstić information content (AvgIpc) is 3.89. The maximum absolute atomic E-state index is 6.71. The predicted octanol–water partition coefficient (Wildman–Crippen LogP) is 15.8. The summed E-state index contributed by atoms with van der Waals surface area (Å²) in [5.74, 6) is 9.05. The first-order valence-corrected chi connectivity index (χ1v) is 30.9. The number of aryl methyl sites for hydroxylation is 2. The van der Waals surface area contributed by atoms with Crippen molar-refractivity contribution in [2.75, 3.05) is 0 Å². The van der Waals surface area contributed by atoms with Crippen molar-refractivity contribution in [3.05, 3.63) is 186 Å². The molecule has 0 aliphatic carbocycles. The van der Waals surface area contributed by atoms with Crippen LogP contribution in [0.5, 0.6) is 0 Å². The van der Waals surface area contributed by atoms with Crippen LogP contribution in [0.4, 0.5) is 0 Å². The first-order chi connectivity index (χ1) is 32.4. The van der Waals surface area contributed by atoms with Gasteiger partial charge in [0.05, 0.1) is 33.8 Å². The monoisotopic (exact) mass is 1130 g/mol. The van der Waals surface area contributed by atoms with Crippen LogP contribution in [0.2, 0.25) is 17.3 Å². The van der Waals surface area contributed by atoms with Crippen LogP contribution in [-0.2, 0) is 26.5 Å². The third-order valence-corrected chi connectivity index (χ3v) is 17.3. The van der Waals surface area contributed by atoms with E-state index < -0.39 is 13.3 Å². The summed E-state index contributed by atoms with van der Waals surface area (Å²) in [6.07, 6.45) is 3.27. The van der Waals surface area contributed by atoms with Crippen molar-refractivity contribution in [1.82, 2.24) is 19.5 Å². The summed E-state index contributed by atoms with van der Waals surface area (Å²) in [6.45, 7) is 13.4. The fourth-order valence-electron chi connectivity index (χ4n) is 10.0. The molecule has 68 heavy (non-hydrogen) atoms. The second-order valence-corrected chi connectivity index (χ2v) is 30.2. The summed E-state index contributed by atoms with van der Waals surface area (Å²) in [6, 6.07) is 57.7. The minimum atomic E-state index is -1.86. The van der Waals surface area contributed by atoms with E-state index in [1.165, 1.54) is 43.8 Å². The van der Waals surface area contributed by atoms with Crippen molar-refractivity contribution in [1.29, 1.82) is 0 Å². The molecule has 0 N–H and O–H groups in total. The van der Waals surface area contributed by atoms with E-state index in [-0.39, 0.29) is 26.0 Å². The predicted molar refractivity (Wildman–Crippen MR) is 284 cm³/mol. The summed E-state index contributed by atoms with van der Waals surface area (Å²) in [4.78, 5) is 15.1. The number of fused-ring (bicyclic) bond motifs is 7. The molecular weight excluding hydrogens is 1070 g/mol. The van der Waals surface area contributed by atoms with Crippen molar-refractivity contribution in [2.45, 2.75) is 71.1 Å². The minimum Gasteiger partial charge on any atom is -0.486 e. The second kappa shape index (κ2) is 19.1. The zero-order valence-corrected chi connectivity index (χ0v) is 44.8. The molecule has 1 radical (unpaired) electrons. The van der Waals surface area contributed by atoms with Gasteiger partial charge in [-0.25, -0.2) is 4.98 Å². The van der Waals surface area contributed by atoms with Crippen molar-refractivity contribution >= 4 is 72.3 Å². The molecule has 7 aromatic carbocycles. The van der Waals surface area contributed by atoms with E-state index in [1.807, 2.05) is 24.3 Å². The van der Waals surface area contributed by atoms with Gasteiger partial charge in [0.15, 0.2) is 0 Å². The molecule has 0 fully saturated rings. The second-order valence-electron chi connectivity index (χ2n) is 19.6. The Labute approximate surface area is 416 Å². The average molecular weight is 1130 g/mol. The number of pyridine rings is 2. The number of furan rings is 1. The van der Waals surface area contributed by atoms with E-state index in [0.29, 0.717) is 11.6 Å². The van der Waals surface area contributed by atoms with E-state index >= 15 is 0 Å². The Morgan fingerprint density at radius 2 is 1.31 bits per heavy atom. The Morgan fingerprint density at radius 1 is 0.632 bits per heavy atom. The number of nitrogens with zero attached hydrogens (tertiary/aromatic N) is 4. The van der Waals surface area contributed by atoms with Crippen LogP contribution in [0.25, 0.3) is 94.2 Å². The molecule has 341 valence electrons. The quantitative estimate of drug-likeness (QED) is 0.0864. The largest absolute Gasteiger partial charge is 0.486 e. The van der Waals surface area contributed by atoms with Gasteiger partial charge in [0.25, 0.3) is 0 Å². The van der Waals surface area contributed by atoms with Gasteiger partial charge < -0.3 is 8.98 Å². The molecule has 0 aliphatic heterocycles. The molecule has 0 atom stereocenters. The van der Waals surface area contributed by atoms with Crippen LogP contribution in [0, 0.1) is 31.9 Å². The number of rotatable bonds is 8. The van der Waals surface area contributed by atoms with E-state index in [1.54, 1.807) is 4.40 Å². The summed E-state index contributed by atoms with van der Waals surface area (Å²) >= 11 is -1.86. The van der Waals surface area contributed by atoms with Gasteiger partial charge in [-0.3, -0.25) is 4.98 Å². The molecule has 0 bridgehead atoms. The van der Waals surface area contributed by atoms with Gasteiger partial charge in [0.2, 0.25) is 5.71 Å². The molecular formula is C61H56GeIrN4O-2. The Kier molecular flexibility index (Phi) is 13.2. The number of imidazole rings is 1. The number of para-hydroxylation sites is 2. The summed E-state index contributed by atoms with van der Waals surface area (Å²) in [5.41, 5.74) is 14.7. The van der Waals surface area contributed by atoms with Gasteiger partial charge in [-0.1, -0.05) is 104 Å². The first kappa shape index (κ1) is 46.9. The fraction of sp³-hybridized carbons (Fsp3) is 0.197. The standard InChI is InChI=1S/C43H32N3O.C18H24GeN.Ir/c1-25(2)38-30-17-7-5-15-28(30)29-16-6-8-18-31(29)40(38)46-37-22-10-9-21-35(37)44-42(46)34-20-12-19-32-33-23-24-36(45-43(33)47-41(32)34)39-26(3)13-11-14-27(39)4;1-14(2)11-16-12-18(15-9-7-6-8-10-15)20-13-17(16)19(3,4)5;/h5-19,21-25H,1-4H3;6-9,12-14H,11H2,1-5H3;/q2*-1;. The van der Waals surface area contributed by atoms with E-state index in [2.05, 4.69) is 203 Å². The number of hydrogen-bond acceptors (Lipinski definition) is 4. The molecule has 7 heteroatoms. The third-order valence-electron chi connectivity index (χ3n) is 13.0. The maximum atomic E-state index is 6.71. The van der Waals surface area contributed by atoms with Crippen molar-refractivity contribution in [2.24, 2.45) is 5.92 Å². The van der Waals surface area contributed by atoms with Crippen molar-refractivity contribution < 1.29 is 24.5 Å². The molecule has 0 saturated heterocycles. The minimum absolute atomic E-state index is 0. The Morgan fingerprint density at radius 3 is 2.00 bits per heavy atom. The maximum Gasteiger partial charge on any atom is 0.216 e. The third kappa shape index (κ3) is 8.64. The van der Waals surface area contributed by atoms with Crippen LogP contribution < -0.4 is 4.40 Å². The molecule has 11 aromatic rings. The zero-order chi connectivity index (χ0) is 46.6. The van der Waals surface area contributed by atoms with Crippen molar-refractivity contribution in [3.8, 4) is 39.6 Å². The molecule has 0 aliphatic rings. The smallest absolute Gasteiger partial charge is 0.216 e.